The number of carboxylic acids is 1. The van der Waals surface area contributed by atoms with Gasteiger partial charge in [-0.1, -0.05) is 30.3 Å². The summed E-state index contributed by atoms with van der Waals surface area (Å²) >= 11 is 0. The zero-order valence-electron chi connectivity index (χ0n) is 11.9. The Labute approximate surface area is 120 Å². The van der Waals surface area contributed by atoms with Gasteiger partial charge in [-0.2, -0.15) is 0 Å². The van der Waals surface area contributed by atoms with Gasteiger partial charge >= 0.3 is 5.97 Å². The third kappa shape index (κ3) is 2.73. The van der Waals surface area contributed by atoms with Gasteiger partial charge in [0.25, 0.3) is 0 Å². The first-order valence-corrected chi connectivity index (χ1v) is 7.69. The number of hydrogen-bond donors (Lipinski definition) is 1. The molecule has 3 heteroatoms. The molecule has 2 bridgehead atoms. The summed E-state index contributed by atoms with van der Waals surface area (Å²) < 4.78 is 0. The Morgan fingerprint density at radius 3 is 2.85 bits per heavy atom. The molecule has 1 aromatic carbocycles. The maximum atomic E-state index is 10.8. The van der Waals surface area contributed by atoms with Crippen LogP contribution >= 0.6 is 0 Å². The lowest BCUT2D eigenvalue weighted by Crippen LogP contribution is -2.45. The summed E-state index contributed by atoms with van der Waals surface area (Å²) in [5.41, 5.74) is 1.69. The molecule has 20 heavy (non-hydrogen) atoms. The number of aliphatic carboxylic acids is 1. The minimum absolute atomic E-state index is 0.278. The molecule has 1 heterocycles. The Morgan fingerprint density at radius 1 is 1.35 bits per heavy atom. The van der Waals surface area contributed by atoms with Gasteiger partial charge in [0.2, 0.25) is 0 Å². The highest BCUT2D eigenvalue weighted by Crippen LogP contribution is 2.48. The molecule has 1 N–H and O–H groups in total. The molecule has 3 rings (SSSR count). The lowest BCUT2D eigenvalue weighted by Gasteiger charge is -2.39. The highest BCUT2D eigenvalue weighted by atomic mass is 16.4. The lowest BCUT2D eigenvalue weighted by molar-refractivity contribution is -0.137. The van der Waals surface area contributed by atoms with Gasteiger partial charge in [0.1, 0.15) is 0 Å². The van der Waals surface area contributed by atoms with E-state index in [2.05, 4.69) is 35.2 Å². The highest BCUT2D eigenvalue weighted by Gasteiger charge is 2.49. The number of benzene rings is 1. The van der Waals surface area contributed by atoms with E-state index in [9.17, 15) is 4.79 Å². The molecule has 0 radical (unpaired) electrons. The molecule has 0 amide bonds. The molecule has 1 saturated carbocycles. The van der Waals surface area contributed by atoms with Crippen LogP contribution < -0.4 is 0 Å². The van der Waals surface area contributed by atoms with Crippen LogP contribution in [0.25, 0.3) is 0 Å². The molecule has 2 unspecified atom stereocenters. The Bertz CT molecular complexity index is 473. The number of nitrogens with zero attached hydrogens (tertiary/aromatic N) is 1. The van der Waals surface area contributed by atoms with E-state index in [4.69, 9.17) is 5.11 Å². The second-order valence-electron chi connectivity index (χ2n) is 6.41. The van der Waals surface area contributed by atoms with Gasteiger partial charge in [0.05, 0.1) is 6.42 Å². The second kappa shape index (κ2) is 5.57. The highest BCUT2D eigenvalue weighted by molar-refractivity contribution is 5.66. The van der Waals surface area contributed by atoms with Gasteiger partial charge in [0.15, 0.2) is 0 Å². The molecule has 1 aliphatic carbocycles. The van der Waals surface area contributed by atoms with Gasteiger partial charge in [-0.3, -0.25) is 9.69 Å². The number of piperidine rings is 1. The van der Waals surface area contributed by atoms with Gasteiger partial charge in [-0.25, -0.2) is 0 Å². The van der Waals surface area contributed by atoms with E-state index in [1.165, 1.54) is 31.2 Å². The van der Waals surface area contributed by atoms with Gasteiger partial charge < -0.3 is 5.11 Å². The van der Waals surface area contributed by atoms with E-state index in [0.29, 0.717) is 0 Å². The molecule has 2 fully saturated rings. The van der Waals surface area contributed by atoms with Crippen molar-refractivity contribution in [1.29, 1.82) is 0 Å². The number of rotatable bonds is 6. The fourth-order valence-electron chi connectivity index (χ4n) is 4.13. The Morgan fingerprint density at radius 2 is 2.15 bits per heavy atom. The van der Waals surface area contributed by atoms with Crippen molar-refractivity contribution >= 4 is 5.97 Å². The fraction of sp³-hybridized carbons (Fsp3) is 0.588. The van der Waals surface area contributed by atoms with E-state index in [1.54, 1.807) is 0 Å². The quantitative estimate of drug-likeness (QED) is 0.866. The molecular weight excluding hydrogens is 250 g/mol. The van der Waals surface area contributed by atoms with Crippen molar-refractivity contribution in [3.8, 4) is 0 Å². The summed E-state index contributed by atoms with van der Waals surface area (Å²) in [6.07, 6.45) is 6.42. The molecule has 1 saturated heterocycles. The Balaban J connectivity index is 1.63. The van der Waals surface area contributed by atoms with E-state index in [0.717, 1.165) is 25.4 Å². The van der Waals surface area contributed by atoms with Crippen LogP contribution in [0.5, 0.6) is 0 Å². The fourth-order valence-corrected chi connectivity index (χ4v) is 4.13. The maximum absolute atomic E-state index is 10.8. The van der Waals surface area contributed by atoms with Crippen LogP contribution in [-0.2, 0) is 11.2 Å². The van der Waals surface area contributed by atoms with Crippen molar-refractivity contribution in [3.63, 3.8) is 0 Å². The van der Waals surface area contributed by atoms with Crippen LogP contribution in [0.2, 0.25) is 0 Å². The zero-order valence-corrected chi connectivity index (χ0v) is 11.9. The lowest BCUT2D eigenvalue weighted by atomic mass is 9.89. The first kappa shape index (κ1) is 13.6. The van der Waals surface area contributed by atoms with E-state index in [1.807, 2.05) is 0 Å². The van der Waals surface area contributed by atoms with Crippen molar-refractivity contribution in [2.45, 2.75) is 44.1 Å². The number of likely N-dealkylation sites (tertiary alicyclic amines) is 1. The van der Waals surface area contributed by atoms with Crippen LogP contribution in [0.3, 0.4) is 0 Å². The van der Waals surface area contributed by atoms with E-state index < -0.39 is 5.97 Å². The average molecular weight is 273 g/mol. The molecule has 2 aliphatic rings. The van der Waals surface area contributed by atoms with E-state index in [-0.39, 0.29) is 12.0 Å². The smallest absolute Gasteiger partial charge is 0.304 e. The van der Waals surface area contributed by atoms with Crippen molar-refractivity contribution < 1.29 is 9.90 Å². The van der Waals surface area contributed by atoms with Crippen LogP contribution in [0.4, 0.5) is 0 Å². The second-order valence-corrected chi connectivity index (χ2v) is 6.41. The van der Waals surface area contributed by atoms with Crippen LogP contribution in [-0.4, -0.2) is 34.6 Å². The minimum Gasteiger partial charge on any atom is -0.481 e. The van der Waals surface area contributed by atoms with Gasteiger partial charge in [-0.15, -0.1) is 0 Å². The normalized spacial score (nSPS) is 28.9. The number of carbonyl (C=O) groups is 1. The first-order chi connectivity index (χ1) is 9.68. The van der Waals surface area contributed by atoms with Crippen molar-refractivity contribution in [2.75, 3.05) is 13.1 Å². The van der Waals surface area contributed by atoms with Crippen molar-refractivity contribution in [1.82, 2.24) is 4.90 Å². The predicted molar refractivity (Wildman–Crippen MR) is 78.7 cm³/mol. The largest absolute Gasteiger partial charge is 0.481 e. The molecular formula is C17H23NO2. The maximum Gasteiger partial charge on any atom is 0.304 e. The molecule has 2 atom stereocenters. The minimum atomic E-state index is -0.675. The summed E-state index contributed by atoms with van der Waals surface area (Å²) in [5, 5.41) is 8.91. The summed E-state index contributed by atoms with van der Waals surface area (Å²) in [5.74, 6) is 0.130. The molecule has 3 nitrogen and oxygen atoms in total. The third-order valence-electron chi connectivity index (χ3n) is 5.15. The van der Waals surface area contributed by atoms with Crippen molar-refractivity contribution in [2.24, 2.45) is 5.92 Å². The third-order valence-corrected chi connectivity index (χ3v) is 5.15. The summed E-state index contributed by atoms with van der Waals surface area (Å²) in [7, 11) is 0. The summed E-state index contributed by atoms with van der Waals surface area (Å²) in [6.45, 7) is 1.84. The van der Waals surface area contributed by atoms with Crippen LogP contribution in [0, 0.1) is 5.92 Å². The standard InChI is InChI=1S/C17H23NO2/c19-16(20)8-11-18-13-15-7-10-17(18,12-15)9-6-14-4-2-1-3-5-14/h1-5,15H,6-13H2,(H,19,20). The molecule has 1 aromatic rings. The first-order valence-electron chi connectivity index (χ1n) is 7.69. The number of aryl methyl sites for hydroxylation is 1. The van der Waals surface area contributed by atoms with Gasteiger partial charge in [-0.05, 0) is 43.6 Å². The Hall–Kier alpha value is -1.35. The number of hydrogen-bond acceptors (Lipinski definition) is 2. The zero-order chi connectivity index (χ0) is 14.0. The van der Waals surface area contributed by atoms with E-state index >= 15 is 0 Å². The molecule has 1 aliphatic heterocycles. The monoisotopic (exact) mass is 273 g/mol. The topological polar surface area (TPSA) is 40.5 Å². The van der Waals surface area contributed by atoms with Crippen LogP contribution in [0.15, 0.2) is 30.3 Å². The number of fused-ring (bicyclic) bond motifs is 2. The Kier molecular flexibility index (Phi) is 3.79. The molecule has 0 spiro atoms. The van der Waals surface area contributed by atoms with Gasteiger partial charge in [0, 0.05) is 18.6 Å². The summed E-state index contributed by atoms with van der Waals surface area (Å²) in [4.78, 5) is 13.3. The summed E-state index contributed by atoms with van der Waals surface area (Å²) in [6, 6.07) is 10.6. The molecule has 0 aromatic heterocycles. The predicted octanol–water partition coefficient (Wildman–Crippen LogP) is 2.95. The van der Waals surface area contributed by atoms with Crippen molar-refractivity contribution in [3.05, 3.63) is 35.9 Å². The number of carboxylic acid groups (broad SMARTS) is 1. The van der Waals surface area contributed by atoms with Crippen LogP contribution in [0.1, 0.15) is 37.7 Å². The molecule has 108 valence electrons. The average Bonchev–Trinajstić information content (AvgIpc) is 3.02. The SMILES string of the molecule is O=C(O)CCN1CC2CCC1(CCc1ccccc1)C2.